The van der Waals surface area contributed by atoms with Crippen LogP contribution in [0.2, 0.25) is 0 Å². The summed E-state index contributed by atoms with van der Waals surface area (Å²) in [5, 5.41) is 25.8. The monoisotopic (exact) mass is 430 g/mol. The summed E-state index contributed by atoms with van der Waals surface area (Å²) in [6.45, 7) is 6.68. The van der Waals surface area contributed by atoms with Crippen LogP contribution in [0, 0.1) is 0 Å². The number of nitrogens with zero attached hydrogens (tertiary/aromatic N) is 5. The largest absolute Gasteiger partial charge is 0.387 e. The molecule has 3 N–H and O–H groups in total. The number of likely N-dealkylation sites (tertiary alicyclic amines) is 2. The molecule has 0 bridgehead atoms. The summed E-state index contributed by atoms with van der Waals surface area (Å²) < 4.78 is 8.11. The van der Waals surface area contributed by atoms with Crippen molar-refractivity contribution in [3.63, 3.8) is 0 Å². The molecule has 4 atom stereocenters. The molecule has 9 heteroatoms. The van der Waals surface area contributed by atoms with Crippen molar-refractivity contribution < 1.29 is 14.9 Å². The zero-order valence-corrected chi connectivity index (χ0v) is 18.4. The number of hydrogen-bond acceptors (Lipinski definition) is 8. The minimum absolute atomic E-state index is 0.215. The first-order chi connectivity index (χ1) is 15.0. The average molecular weight is 431 g/mol. The molecular formula is C22H34N6O3. The Hall–Kier alpha value is -1.78. The second-order valence-electron chi connectivity index (χ2n) is 9.34. The number of rotatable bonds is 5. The van der Waals surface area contributed by atoms with Crippen LogP contribution in [0.1, 0.15) is 38.8 Å². The van der Waals surface area contributed by atoms with Crippen molar-refractivity contribution >= 4 is 16.9 Å². The Labute approximate surface area is 183 Å². The van der Waals surface area contributed by atoms with Crippen molar-refractivity contribution in [2.75, 3.05) is 45.1 Å². The molecule has 5 heterocycles. The second kappa shape index (κ2) is 8.29. The molecule has 31 heavy (non-hydrogen) atoms. The van der Waals surface area contributed by atoms with E-state index in [-0.39, 0.29) is 5.54 Å². The van der Waals surface area contributed by atoms with E-state index in [2.05, 4.69) is 32.1 Å². The Morgan fingerprint density at radius 3 is 2.74 bits per heavy atom. The third-order valence-corrected chi connectivity index (χ3v) is 7.52. The van der Waals surface area contributed by atoms with E-state index in [1.807, 2.05) is 23.8 Å². The number of anilines is 1. The maximum Gasteiger partial charge on any atom is 0.164 e. The third-order valence-electron chi connectivity index (χ3n) is 7.52. The van der Waals surface area contributed by atoms with Crippen molar-refractivity contribution in [1.29, 1.82) is 0 Å². The standard InChI is InChI=1S/C22H34N6O3/c1-3-23-19-15-5-10-28(20(15)25-14-24-19)21-18(30)17(29)16(31-21)13-27-9-4-6-22(27)7-11-26(2)12-8-22/h5,10,14,16-18,21,29-30H,3-4,6-9,11-13H2,1-2H3,(H,23,24,25)/t16-,17-,18-,21-/m1/s1. The fourth-order valence-electron chi connectivity index (χ4n) is 5.69. The summed E-state index contributed by atoms with van der Waals surface area (Å²) in [6, 6.07) is 1.93. The highest BCUT2D eigenvalue weighted by Gasteiger charge is 2.49. The number of hydrogen-bond donors (Lipinski definition) is 3. The highest BCUT2D eigenvalue weighted by Crippen LogP contribution is 2.40. The summed E-state index contributed by atoms with van der Waals surface area (Å²) >= 11 is 0. The molecule has 0 aliphatic carbocycles. The number of aliphatic hydroxyl groups is 2. The van der Waals surface area contributed by atoms with Gasteiger partial charge in [-0.05, 0) is 65.4 Å². The molecule has 3 fully saturated rings. The number of fused-ring (bicyclic) bond motifs is 1. The van der Waals surface area contributed by atoms with E-state index in [0.717, 1.165) is 50.2 Å². The van der Waals surface area contributed by atoms with Gasteiger partial charge in [0, 0.05) is 24.8 Å². The third kappa shape index (κ3) is 3.62. The molecule has 3 saturated heterocycles. The second-order valence-corrected chi connectivity index (χ2v) is 9.34. The molecule has 0 aromatic carbocycles. The topological polar surface area (TPSA) is 98.9 Å². The quantitative estimate of drug-likeness (QED) is 0.647. The van der Waals surface area contributed by atoms with Crippen molar-refractivity contribution in [3.8, 4) is 0 Å². The van der Waals surface area contributed by atoms with Crippen LogP contribution in [-0.4, -0.2) is 98.2 Å². The smallest absolute Gasteiger partial charge is 0.164 e. The number of piperidine rings is 1. The molecule has 170 valence electrons. The molecule has 0 amide bonds. The average Bonchev–Trinajstić information content (AvgIpc) is 3.44. The van der Waals surface area contributed by atoms with Crippen molar-refractivity contribution in [1.82, 2.24) is 24.3 Å². The summed E-state index contributed by atoms with van der Waals surface area (Å²) in [4.78, 5) is 13.6. The van der Waals surface area contributed by atoms with Crippen LogP contribution in [0.5, 0.6) is 0 Å². The van der Waals surface area contributed by atoms with Gasteiger partial charge in [0.25, 0.3) is 0 Å². The zero-order valence-electron chi connectivity index (χ0n) is 18.4. The van der Waals surface area contributed by atoms with Gasteiger partial charge >= 0.3 is 0 Å². The molecule has 1 spiro atoms. The van der Waals surface area contributed by atoms with Gasteiger partial charge in [-0.2, -0.15) is 0 Å². The van der Waals surface area contributed by atoms with Crippen LogP contribution in [0.4, 0.5) is 5.82 Å². The van der Waals surface area contributed by atoms with E-state index in [9.17, 15) is 10.2 Å². The minimum atomic E-state index is -1.01. The molecular weight excluding hydrogens is 396 g/mol. The summed E-state index contributed by atoms with van der Waals surface area (Å²) in [6.07, 6.45) is 5.05. The summed E-state index contributed by atoms with van der Waals surface area (Å²) in [5.41, 5.74) is 0.906. The van der Waals surface area contributed by atoms with Crippen LogP contribution in [0.15, 0.2) is 18.6 Å². The first-order valence-electron chi connectivity index (χ1n) is 11.5. The molecule has 3 aliphatic heterocycles. The lowest BCUT2D eigenvalue weighted by Gasteiger charge is -2.45. The van der Waals surface area contributed by atoms with Gasteiger partial charge in [0.15, 0.2) is 6.23 Å². The number of aromatic nitrogens is 3. The Bertz CT molecular complexity index is 912. The maximum atomic E-state index is 10.9. The van der Waals surface area contributed by atoms with Gasteiger partial charge < -0.3 is 29.7 Å². The van der Waals surface area contributed by atoms with E-state index < -0.39 is 24.5 Å². The number of ether oxygens (including phenoxy) is 1. The molecule has 0 radical (unpaired) electrons. The van der Waals surface area contributed by atoms with Gasteiger partial charge in [0.1, 0.15) is 36.1 Å². The van der Waals surface area contributed by atoms with Crippen LogP contribution >= 0.6 is 0 Å². The fourth-order valence-corrected chi connectivity index (χ4v) is 5.69. The van der Waals surface area contributed by atoms with Crippen LogP contribution in [0.3, 0.4) is 0 Å². The zero-order chi connectivity index (χ0) is 21.6. The van der Waals surface area contributed by atoms with Gasteiger partial charge in [-0.15, -0.1) is 0 Å². The Morgan fingerprint density at radius 2 is 1.97 bits per heavy atom. The Morgan fingerprint density at radius 1 is 1.16 bits per heavy atom. The van der Waals surface area contributed by atoms with Gasteiger partial charge in [0.2, 0.25) is 0 Å². The molecule has 5 rings (SSSR count). The molecule has 0 unspecified atom stereocenters. The number of nitrogens with one attached hydrogen (secondary N) is 1. The molecule has 2 aromatic heterocycles. The van der Waals surface area contributed by atoms with Gasteiger partial charge in [-0.25, -0.2) is 9.97 Å². The van der Waals surface area contributed by atoms with E-state index in [1.165, 1.54) is 19.2 Å². The first-order valence-corrected chi connectivity index (χ1v) is 11.5. The molecule has 0 saturated carbocycles. The lowest BCUT2D eigenvalue weighted by Crippen LogP contribution is -2.54. The van der Waals surface area contributed by atoms with E-state index in [1.54, 1.807) is 0 Å². The summed E-state index contributed by atoms with van der Waals surface area (Å²) in [5.74, 6) is 0.761. The predicted octanol–water partition coefficient (Wildman–Crippen LogP) is 1.04. The van der Waals surface area contributed by atoms with E-state index in [0.29, 0.717) is 12.2 Å². The lowest BCUT2D eigenvalue weighted by molar-refractivity contribution is -0.0569. The van der Waals surface area contributed by atoms with E-state index in [4.69, 9.17) is 4.74 Å². The van der Waals surface area contributed by atoms with Crippen molar-refractivity contribution in [2.24, 2.45) is 0 Å². The molecule has 9 nitrogen and oxygen atoms in total. The molecule has 3 aliphatic rings. The van der Waals surface area contributed by atoms with Crippen molar-refractivity contribution in [2.45, 2.75) is 62.7 Å². The van der Waals surface area contributed by atoms with Gasteiger partial charge in [0.05, 0.1) is 5.39 Å². The highest BCUT2D eigenvalue weighted by molar-refractivity contribution is 5.87. The van der Waals surface area contributed by atoms with Crippen LogP contribution in [0.25, 0.3) is 11.0 Å². The molecule has 2 aromatic rings. The van der Waals surface area contributed by atoms with E-state index >= 15 is 0 Å². The van der Waals surface area contributed by atoms with Crippen LogP contribution < -0.4 is 5.32 Å². The highest BCUT2D eigenvalue weighted by atomic mass is 16.6. The normalized spacial score (nSPS) is 31.7. The summed E-state index contributed by atoms with van der Waals surface area (Å²) in [7, 11) is 2.18. The number of aliphatic hydroxyl groups excluding tert-OH is 2. The minimum Gasteiger partial charge on any atom is -0.387 e. The fraction of sp³-hybridized carbons (Fsp3) is 0.727. The lowest BCUT2D eigenvalue weighted by atomic mass is 9.85. The Balaban J connectivity index is 1.35. The SMILES string of the molecule is CCNc1ncnc2c1ccn2[C@@H]1O[C@H](CN2CCCC23CCN(C)CC3)[C@@H](O)[C@H]1O. The predicted molar refractivity (Wildman–Crippen MR) is 118 cm³/mol. The maximum absolute atomic E-state index is 10.9. The first kappa shape index (κ1) is 21.1. The van der Waals surface area contributed by atoms with Crippen molar-refractivity contribution in [3.05, 3.63) is 18.6 Å². The van der Waals surface area contributed by atoms with Gasteiger partial charge in [-0.1, -0.05) is 0 Å². The van der Waals surface area contributed by atoms with Crippen LogP contribution in [-0.2, 0) is 4.74 Å². The Kier molecular flexibility index (Phi) is 5.64. The van der Waals surface area contributed by atoms with Gasteiger partial charge in [-0.3, -0.25) is 4.90 Å².